The second-order valence-corrected chi connectivity index (χ2v) is 9.53. The first-order valence-corrected chi connectivity index (χ1v) is 11.1. The Bertz CT molecular complexity index is 971. The van der Waals surface area contributed by atoms with Crippen LogP contribution in [0.15, 0.2) is 59.7 Å². The molecule has 0 radical (unpaired) electrons. The molecule has 29 heavy (non-hydrogen) atoms. The molecular formula is C27H30O2. The van der Waals surface area contributed by atoms with E-state index in [0.29, 0.717) is 16.7 Å². The molecule has 3 aliphatic rings. The highest BCUT2D eigenvalue weighted by Crippen LogP contribution is 2.58. The molecule has 0 heterocycles. The van der Waals surface area contributed by atoms with Gasteiger partial charge in [-0.1, -0.05) is 49.3 Å². The molecule has 2 heteroatoms. The smallest absolute Gasteiger partial charge is 0.343 e. The second kappa shape index (κ2) is 7.16. The van der Waals surface area contributed by atoms with Crippen LogP contribution in [0.2, 0.25) is 0 Å². The van der Waals surface area contributed by atoms with Crippen LogP contribution >= 0.6 is 0 Å². The van der Waals surface area contributed by atoms with E-state index in [9.17, 15) is 4.79 Å². The van der Waals surface area contributed by atoms with Gasteiger partial charge in [0.1, 0.15) is 5.75 Å². The number of hydrogen-bond donors (Lipinski definition) is 0. The maximum absolute atomic E-state index is 12.4. The summed E-state index contributed by atoms with van der Waals surface area (Å²) >= 11 is 0. The van der Waals surface area contributed by atoms with E-state index in [1.165, 1.54) is 43.2 Å². The molecule has 3 unspecified atom stereocenters. The zero-order valence-corrected chi connectivity index (χ0v) is 17.5. The van der Waals surface area contributed by atoms with Crippen molar-refractivity contribution in [1.82, 2.24) is 0 Å². The first-order chi connectivity index (χ1) is 14.0. The van der Waals surface area contributed by atoms with Gasteiger partial charge in [-0.3, -0.25) is 0 Å². The van der Waals surface area contributed by atoms with Crippen molar-refractivity contribution in [2.24, 2.45) is 17.3 Å². The van der Waals surface area contributed by atoms with Crippen molar-refractivity contribution in [2.45, 2.75) is 58.8 Å². The summed E-state index contributed by atoms with van der Waals surface area (Å²) in [5.41, 5.74) is 7.31. The van der Waals surface area contributed by atoms with Crippen LogP contribution in [0.25, 0.3) is 0 Å². The van der Waals surface area contributed by atoms with Crippen LogP contribution in [0.4, 0.5) is 0 Å². The minimum Gasteiger partial charge on any atom is -0.423 e. The van der Waals surface area contributed by atoms with E-state index < -0.39 is 0 Å². The number of esters is 1. The van der Waals surface area contributed by atoms with Crippen molar-refractivity contribution < 1.29 is 9.53 Å². The third-order valence-corrected chi connectivity index (χ3v) is 8.12. The van der Waals surface area contributed by atoms with Crippen molar-refractivity contribution >= 4 is 5.97 Å². The average molecular weight is 387 g/mol. The van der Waals surface area contributed by atoms with Gasteiger partial charge in [0.2, 0.25) is 0 Å². The van der Waals surface area contributed by atoms with Crippen molar-refractivity contribution in [2.75, 3.05) is 0 Å². The van der Waals surface area contributed by atoms with Crippen LogP contribution < -0.4 is 4.74 Å². The number of aryl methyl sites for hydroxylation is 1. The Hall–Kier alpha value is -2.35. The zero-order valence-electron chi connectivity index (χ0n) is 17.5. The summed E-state index contributed by atoms with van der Waals surface area (Å²) in [4.78, 5) is 12.4. The molecule has 3 aliphatic carbocycles. The number of ether oxygens (including phenoxy) is 1. The number of benzene rings is 2. The van der Waals surface area contributed by atoms with Gasteiger partial charge < -0.3 is 4.74 Å². The summed E-state index contributed by atoms with van der Waals surface area (Å²) in [6, 6.07) is 15.5. The van der Waals surface area contributed by atoms with Crippen LogP contribution in [0.3, 0.4) is 0 Å². The molecular weight excluding hydrogens is 356 g/mol. The highest BCUT2D eigenvalue weighted by molar-refractivity contribution is 5.91. The predicted octanol–water partition coefficient (Wildman–Crippen LogP) is 6.54. The van der Waals surface area contributed by atoms with Gasteiger partial charge in [0.15, 0.2) is 0 Å². The molecule has 3 atom stereocenters. The van der Waals surface area contributed by atoms with Crippen LogP contribution in [-0.4, -0.2) is 5.97 Å². The Morgan fingerprint density at radius 2 is 1.83 bits per heavy atom. The molecule has 0 aromatic heterocycles. The highest BCUT2D eigenvalue weighted by atomic mass is 16.5. The third kappa shape index (κ3) is 3.23. The Labute approximate surface area is 174 Å². The zero-order chi connectivity index (χ0) is 20.0. The second-order valence-electron chi connectivity index (χ2n) is 9.53. The van der Waals surface area contributed by atoms with Crippen LogP contribution in [0, 0.1) is 17.3 Å². The minimum atomic E-state index is -0.285. The van der Waals surface area contributed by atoms with Crippen molar-refractivity contribution in [3.63, 3.8) is 0 Å². The number of rotatable bonds is 2. The summed E-state index contributed by atoms with van der Waals surface area (Å²) < 4.78 is 5.69. The van der Waals surface area contributed by atoms with Crippen molar-refractivity contribution in [3.8, 4) is 5.75 Å². The van der Waals surface area contributed by atoms with E-state index in [0.717, 1.165) is 24.7 Å². The lowest BCUT2D eigenvalue weighted by molar-refractivity contribution is 0.0734. The van der Waals surface area contributed by atoms with Crippen LogP contribution in [0.5, 0.6) is 5.75 Å². The molecule has 0 bridgehead atoms. The fourth-order valence-electron chi connectivity index (χ4n) is 6.11. The lowest BCUT2D eigenvalue weighted by atomic mass is 9.63. The SMILES string of the molecule is CC1CCC2C3=C(CCC12C)Cc1cc(OC(=O)c2ccccc2)ccc1CC3. The van der Waals surface area contributed by atoms with E-state index in [4.69, 9.17) is 4.74 Å². The maximum Gasteiger partial charge on any atom is 0.343 e. The molecule has 2 aromatic carbocycles. The maximum atomic E-state index is 12.4. The molecule has 0 N–H and O–H groups in total. The summed E-state index contributed by atoms with van der Waals surface area (Å²) in [5, 5.41) is 0. The third-order valence-electron chi connectivity index (χ3n) is 8.12. The van der Waals surface area contributed by atoms with Gasteiger partial charge in [-0.15, -0.1) is 0 Å². The molecule has 1 saturated carbocycles. The molecule has 2 aromatic rings. The quantitative estimate of drug-likeness (QED) is 0.333. The van der Waals surface area contributed by atoms with Gasteiger partial charge in [-0.2, -0.15) is 0 Å². The van der Waals surface area contributed by atoms with Crippen LogP contribution in [-0.2, 0) is 12.8 Å². The first-order valence-electron chi connectivity index (χ1n) is 11.1. The summed E-state index contributed by atoms with van der Waals surface area (Å²) in [6.07, 6.45) is 8.66. The van der Waals surface area contributed by atoms with E-state index >= 15 is 0 Å². The lowest BCUT2D eigenvalue weighted by Crippen LogP contribution is -2.32. The fourth-order valence-corrected chi connectivity index (χ4v) is 6.11. The summed E-state index contributed by atoms with van der Waals surface area (Å²) in [6.45, 7) is 5.00. The number of carbonyl (C=O) groups is 1. The minimum absolute atomic E-state index is 0.285. The molecule has 1 fully saturated rings. The average Bonchev–Trinajstić information content (AvgIpc) is 2.92. The van der Waals surface area contributed by atoms with Crippen LogP contribution in [0.1, 0.15) is 67.4 Å². The van der Waals surface area contributed by atoms with E-state index in [1.54, 1.807) is 23.3 Å². The Balaban J connectivity index is 1.40. The number of fused-ring (bicyclic) bond motifs is 3. The molecule has 0 saturated heterocycles. The van der Waals surface area contributed by atoms with Gasteiger partial charge in [-0.25, -0.2) is 4.79 Å². The van der Waals surface area contributed by atoms with E-state index in [1.807, 2.05) is 24.3 Å². The Morgan fingerprint density at radius 3 is 2.66 bits per heavy atom. The fraction of sp³-hybridized carbons (Fsp3) is 0.444. The Kier molecular flexibility index (Phi) is 4.61. The molecule has 150 valence electrons. The van der Waals surface area contributed by atoms with Crippen molar-refractivity contribution in [3.05, 3.63) is 76.4 Å². The monoisotopic (exact) mass is 386 g/mol. The molecule has 2 nitrogen and oxygen atoms in total. The van der Waals surface area contributed by atoms with E-state index in [-0.39, 0.29) is 5.97 Å². The topological polar surface area (TPSA) is 26.3 Å². The Morgan fingerprint density at radius 1 is 1.00 bits per heavy atom. The molecule has 0 aliphatic heterocycles. The number of hydrogen-bond acceptors (Lipinski definition) is 2. The van der Waals surface area contributed by atoms with Gasteiger partial charge in [0.25, 0.3) is 0 Å². The predicted molar refractivity (Wildman–Crippen MR) is 116 cm³/mol. The normalized spacial score (nSPS) is 28.2. The van der Waals surface area contributed by atoms with Gasteiger partial charge >= 0.3 is 5.97 Å². The first kappa shape index (κ1) is 18.7. The number of allylic oxidation sites excluding steroid dienone is 2. The van der Waals surface area contributed by atoms with Crippen molar-refractivity contribution in [1.29, 1.82) is 0 Å². The van der Waals surface area contributed by atoms with Gasteiger partial charge in [-0.05, 0) is 97.6 Å². The van der Waals surface area contributed by atoms with Gasteiger partial charge in [0.05, 0.1) is 5.56 Å². The number of carbonyl (C=O) groups excluding carboxylic acids is 1. The summed E-state index contributed by atoms with van der Waals surface area (Å²) in [7, 11) is 0. The van der Waals surface area contributed by atoms with E-state index in [2.05, 4.69) is 26.0 Å². The standard InChI is InChI=1S/C27H30O2/c1-18-8-13-25-24-12-10-19-9-11-23(29-26(28)20-6-4-3-5-7-20)17-22(19)16-21(24)14-15-27(18,25)2/h3-7,9,11,17-18,25H,8,10,12-16H2,1-2H3. The van der Waals surface area contributed by atoms with Gasteiger partial charge in [0, 0.05) is 0 Å². The lowest BCUT2D eigenvalue weighted by Gasteiger charge is -2.42. The highest BCUT2D eigenvalue weighted by Gasteiger charge is 2.48. The molecule has 0 spiro atoms. The largest absolute Gasteiger partial charge is 0.423 e. The summed E-state index contributed by atoms with van der Waals surface area (Å²) in [5.74, 6) is 2.01. The molecule has 5 rings (SSSR count). The molecule has 0 amide bonds.